The number of nitrogens with two attached hydrogens (primary N) is 1. The molecule has 0 aromatic heterocycles. The SMILES string of the molecule is CCC1CCCN(CC2(N)CCCC2)C1. The molecule has 1 saturated heterocycles. The summed E-state index contributed by atoms with van der Waals surface area (Å²) in [5.74, 6) is 0.934. The zero-order valence-electron chi connectivity index (χ0n) is 10.2. The van der Waals surface area contributed by atoms with Crippen LogP contribution in [0.5, 0.6) is 0 Å². The van der Waals surface area contributed by atoms with E-state index >= 15 is 0 Å². The molecule has 1 aliphatic heterocycles. The van der Waals surface area contributed by atoms with E-state index in [1.165, 1.54) is 58.0 Å². The summed E-state index contributed by atoms with van der Waals surface area (Å²) in [6.07, 6.45) is 9.36. The van der Waals surface area contributed by atoms with Gasteiger partial charge in [-0.1, -0.05) is 26.2 Å². The van der Waals surface area contributed by atoms with Crippen LogP contribution >= 0.6 is 0 Å². The monoisotopic (exact) mass is 210 g/mol. The lowest BCUT2D eigenvalue weighted by molar-refractivity contribution is 0.138. The second kappa shape index (κ2) is 4.84. The molecule has 88 valence electrons. The molecule has 0 amide bonds. The lowest BCUT2D eigenvalue weighted by Gasteiger charge is -2.37. The zero-order valence-corrected chi connectivity index (χ0v) is 10.2. The topological polar surface area (TPSA) is 29.3 Å². The highest BCUT2D eigenvalue weighted by Crippen LogP contribution is 2.29. The third-order valence-electron chi connectivity index (χ3n) is 4.32. The van der Waals surface area contributed by atoms with Crippen LogP contribution in [0.2, 0.25) is 0 Å². The zero-order chi connectivity index (χ0) is 10.7. The molecule has 0 aromatic rings. The molecule has 0 aromatic carbocycles. The van der Waals surface area contributed by atoms with Crippen molar-refractivity contribution in [1.29, 1.82) is 0 Å². The Hall–Kier alpha value is -0.0800. The Kier molecular flexibility index (Phi) is 3.68. The molecule has 2 aliphatic rings. The fourth-order valence-corrected chi connectivity index (χ4v) is 3.31. The third kappa shape index (κ3) is 2.94. The van der Waals surface area contributed by atoms with E-state index < -0.39 is 0 Å². The van der Waals surface area contributed by atoms with Gasteiger partial charge in [0.05, 0.1) is 0 Å². The van der Waals surface area contributed by atoms with E-state index in [2.05, 4.69) is 11.8 Å². The molecule has 0 radical (unpaired) electrons. The van der Waals surface area contributed by atoms with Gasteiger partial charge in [0.2, 0.25) is 0 Å². The van der Waals surface area contributed by atoms with Gasteiger partial charge in [0.15, 0.2) is 0 Å². The maximum Gasteiger partial charge on any atom is 0.0283 e. The van der Waals surface area contributed by atoms with Crippen LogP contribution in [0.25, 0.3) is 0 Å². The van der Waals surface area contributed by atoms with Crippen LogP contribution < -0.4 is 5.73 Å². The minimum absolute atomic E-state index is 0.162. The molecule has 1 heterocycles. The molecule has 1 unspecified atom stereocenters. The lowest BCUT2D eigenvalue weighted by atomic mass is 9.92. The minimum Gasteiger partial charge on any atom is -0.324 e. The van der Waals surface area contributed by atoms with E-state index in [-0.39, 0.29) is 5.54 Å². The fraction of sp³-hybridized carbons (Fsp3) is 1.00. The standard InChI is InChI=1S/C13H26N2/c1-2-12-6-5-9-15(10-12)11-13(14)7-3-4-8-13/h12H,2-11,14H2,1H3. The van der Waals surface area contributed by atoms with Gasteiger partial charge >= 0.3 is 0 Å². The number of nitrogens with zero attached hydrogens (tertiary/aromatic N) is 1. The molecular formula is C13H26N2. The Balaban J connectivity index is 1.83. The van der Waals surface area contributed by atoms with Crippen LogP contribution in [0.1, 0.15) is 51.9 Å². The largest absolute Gasteiger partial charge is 0.324 e. The van der Waals surface area contributed by atoms with Crippen LogP contribution in [0, 0.1) is 5.92 Å². The summed E-state index contributed by atoms with van der Waals surface area (Å²) in [6.45, 7) is 6.07. The van der Waals surface area contributed by atoms with Crippen molar-refractivity contribution >= 4 is 0 Å². The number of hydrogen-bond acceptors (Lipinski definition) is 2. The summed E-state index contributed by atoms with van der Waals surface area (Å²) in [5.41, 5.74) is 6.60. The van der Waals surface area contributed by atoms with Gasteiger partial charge in [-0.15, -0.1) is 0 Å². The van der Waals surface area contributed by atoms with Crippen LogP contribution in [-0.4, -0.2) is 30.1 Å². The van der Waals surface area contributed by atoms with Crippen molar-refractivity contribution in [3.8, 4) is 0 Å². The predicted molar refractivity (Wildman–Crippen MR) is 64.8 cm³/mol. The van der Waals surface area contributed by atoms with Crippen LogP contribution in [0.15, 0.2) is 0 Å². The van der Waals surface area contributed by atoms with Crippen molar-refractivity contribution in [2.45, 2.75) is 57.4 Å². The molecule has 15 heavy (non-hydrogen) atoms. The lowest BCUT2D eigenvalue weighted by Crippen LogP contribution is -2.50. The minimum atomic E-state index is 0.162. The van der Waals surface area contributed by atoms with Gasteiger partial charge in [-0.25, -0.2) is 0 Å². The van der Waals surface area contributed by atoms with Crippen molar-refractivity contribution in [3.05, 3.63) is 0 Å². The first-order valence-electron chi connectivity index (χ1n) is 6.73. The summed E-state index contributed by atoms with van der Waals surface area (Å²) in [6, 6.07) is 0. The molecule has 2 fully saturated rings. The molecule has 2 rings (SSSR count). The Morgan fingerprint density at radius 1 is 1.27 bits per heavy atom. The molecule has 0 spiro atoms. The molecule has 1 atom stereocenters. The summed E-state index contributed by atoms with van der Waals surface area (Å²) in [4.78, 5) is 2.63. The molecule has 2 nitrogen and oxygen atoms in total. The Labute approximate surface area is 94.2 Å². The molecule has 2 N–H and O–H groups in total. The van der Waals surface area contributed by atoms with Crippen molar-refractivity contribution in [2.24, 2.45) is 11.7 Å². The quantitative estimate of drug-likeness (QED) is 0.775. The summed E-state index contributed by atoms with van der Waals surface area (Å²) in [5, 5.41) is 0. The van der Waals surface area contributed by atoms with E-state index in [4.69, 9.17) is 5.73 Å². The summed E-state index contributed by atoms with van der Waals surface area (Å²) in [7, 11) is 0. The van der Waals surface area contributed by atoms with E-state index in [0.717, 1.165) is 12.5 Å². The Bertz CT molecular complexity index is 197. The molecule has 1 saturated carbocycles. The highest BCUT2D eigenvalue weighted by atomic mass is 15.2. The van der Waals surface area contributed by atoms with Gasteiger partial charge in [0, 0.05) is 18.6 Å². The number of hydrogen-bond donors (Lipinski definition) is 1. The van der Waals surface area contributed by atoms with Crippen molar-refractivity contribution < 1.29 is 0 Å². The first kappa shape index (κ1) is 11.4. The first-order valence-corrected chi connectivity index (χ1v) is 6.73. The Morgan fingerprint density at radius 2 is 2.00 bits per heavy atom. The number of rotatable bonds is 3. The van der Waals surface area contributed by atoms with Gasteiger partial charge in [0.1, 0.15) is 0 Å². The average Bonchev–Trinajstić information content (AvgIpc) is 2.65. The van der Waals surface area contributed by atoms with Crippen LogP contribution in [0.3, 0.4) is 0 Å². The van der Waals surface area contributed by atoms with Gasteiger partial charge in [-0.2, -0.15) is 0 Å². The predicted octanol–water partition coefficient (Wildman–Crippen LogP) is 2.38. The van der Waals surface area contributed by atoms with E-state index in [0.29, 0.717) is 0 Å². The van der Waals surface area contributed by atoms with Crippen molar-refractivity contribution in [1.82, 2.24) is 4.90 Å². The van der Waals surface area contributed by atoms with Crippen LogP contribution in [0.4, 0.5) is 0 Å². The third-order valence-corrected chi connectivity index (χ3v) is 4.32. The van der Waals surface area contributed by atoms with E-state index in [1.54, 1.807) is 0 Å². The van der Waals surface area contributed by atoms with Crippen LogP contribution in [-0.2, 0) is 0 Å². The van der Waals surface area contributed by atoms with E-state index in [1.807, 2.05) is 0 Å². The first-order chi connectivity index (χ1) is 7.22. The maximum absolute atomic E-state index is 6.44. The second-order valence-electron chi connectivity index (χ2n) is 5.72. The van der Waals surface area contributed by atoms with Gasteiger partial charge in [0.25, 0.3) is 0 Å². The highest BCUT2D eigenvalue weighted by molar-refractivity contribution is 4.92. The summed E-state index contributed by atoms with van der Waals surface area (Å²) < 4.78 is 0. The fourth-order valence-electron chi connectivity index (χ4n) is 3.31. The maximum atomic E-state index is 6.44. The normalized spacial score (nSPS) is 32.0. The van der Waals surface area contributed by atoms with Gasteiger partial charge in [-0.05, 0) is 38.1 Å². The van der Waals surface area contributed by atoms with Gasteiger partial charge in [-0.3, -0.25) is 0 Å². The van der Waals surface area contributed by atoms with E-state index in [9.17, 15) is 0 Å². The average molecular weight is 210 g/mol. The smallest absolute Gasteiger partial charge is 0.0283 e. The molecule has 0 bridgehead atoms. The summed E-state index contributed by atoms with van der Waals surface area (Å²) >= 11 is 0. The number of likely N-dealkylation sites (tertiary alicyclic amines) is 1. The second-order valence-corrected chi connectivity index (χ2v) is 5.72. The molecule has 1 aliphatic carbocycles. The molecular weight excluding hydrogens is 184 g/mol. The van der Waals surface area contributed by atoms with Crippen molar-refractivity contribution in [3.63, 3.8) is 0 Å². The van der Waals surface area contributed by atoms with Crippen molar-refractivity contribution in [2.75, 3.05) is 19.6 Å². The Morgan fingerprint density at radius 3 is 2.67 bits per heavy atom. The number of piperidine rings is 1. The molecule has 2 heteroatoms. The highest BCUT2D eigenvalue weighted by Gasteiger charge is 2.32. The van der Waals surface area contributed by atoms with Gasteiger partial charge < -0.3 is 10.6 Å².